The molecule has 0 bridgehead atoms. The summed E-state index contributed by atoms with van der Waals surface area (Å²) in [7, 11) is 0. The number of carbonyl (C=O) groups excluding carboxylic acids is 1. The normalized spacial score (nSPS) is 19.4. The third kappa shape index (κ3) is 3.48. The molecule has 0 unspecified atom stereocenters. The van der Waals surface area contributed by atoms with E-state index in [1.807, 2.05) is 29.6 Å². The van der Waals surface area contributed by atoms with E-state index in [-0.39, 0.29) is 11.8 Å². The zero-order valence-electron chi connectivity index (χ0n) is 13.4. The minimum absolute atomic E-state index is 0.102. The number of carbonyl (C=O) groups is 1. The number of aromatic nitrogens is 1. The van der Waals surface area contributed by atoms with Crippen molar-refractivity contribution in [3.63, 3.8) is 0 Å². The highest BCUT2D eigenvalue weighted by molar-refractivity contribution is 7.14. The standard InChI is InChI=1S/C18H20ClN3OS/c19-15-4-2-1-3-14(15)16-11-24-18(20-16)21-17(23)12-7-9-22(10-8-12)13-5-6-13/h1-4,11-13H,5-10H2,(H,20,21,23). The van der Waals surface area contributed by atoms with E-state index in [0.29, 0.717) is 10.2 Å². The molecule has 24 heavy (non-hydrogen) atoms. The average molecular weight is 362 g/mol. The summed E-state index contributed by atoms with van der Waals surface area (Å²) >= 11 is 7.66. The number of likely N-dealkylation sites (tertiary alicyclic amines) is 1. The predicted octanol–water partition coefficient (Wildman–Crippen LogP) is 4.28. The maximum atomic E-state index is 12.5. The number of nitrogens with one attached hydrogen (secondary N) is 1. The van der Waals surface area contributed by atoms with Crippen molar-refractivity contribution >= 4 is 34.0 Å². The van der Waals surface area contributed by atoms with Crippen molar-refractivity contribution in [3.05, 3.63) is 34.7 Å². The summed E-state index contributed by atoms with van der Waals surface area (Å²) in [4.78, 5) is 19.5. The van der Waals surface area contributed by atoms with Crippen molar-refractivity contribution in [1.29, 1.82) is 0 Å². The number of thiazole rings is 1. The molecule has 2 fully saturated rings. The molecule has 1 aliphatic heterocycles. The molecule has 1 saturated heterocycles. The number of rotatable bonds is 4. The Bertz CT molecular complexity index is 735. The summed E-state index contributed by atoms with van der Waals surface area (Å²) in [6.45, 7) is 2.09. The number of halogens is 1. The van der Waals surface area contributed by atoms with Gasteiger partial charge in [0.1, 0.15) is 0 Å². The minimum Gasteiger partial charge on any atom is -0.302 e. The second-order valence-corrected chi connectivity index (χ2v) is 7.81. The van der Waals surface area contributed by atoms with E-state index in [9.17, 15) is 4.79 Å². The highest BCUT2D eigenvalue weighted by Crippen LogP contribution is 2.32. The molecule has 4 rings (SSSR count). The summed E-state index contributed by atoms with van der Waals surface area (Å²) in [5, 5.41) is 6.25. The lowest BCUT2D eigenvalue weighted by atomic mass is 9.96. The van der Waals surface area contributed by atoms with Gasteiger partial charge in [0.2, 0.25) is 5.91 Å². The van der Waals surface area contributed by atoms with Crippen molar-refractivity contribution in [2.24, 2.45) is 5.92 Å². The molecule has 1 aromatic carbocycles. The molecular weight excluding hydrogens is 342 g/mol. The fraction of sp³-hybridized carbons (Fsp3) is 0.444. The lowest BCUT2D eigenvalue weighted by molar-refractivity contribution is -0.121. The van der Waals surface area contributed by atoms with Gasteiger partial charge in [0.15, 0.2) is 5.13 Å². The van der Waals surface area contributed by atoms with Gasteiger partial charge < -0.3 is 10.2 Å². The van der Waals surface area contributed by atoms with Crippen LogP contribution in [0, 0.1) is 5.92 Å². The van der Waals surface area contributed by atoms with Crippen LogP contribution in [0.3, 0.4) is 0 Å². The van der Waals surface area contributed by atoms with E-state index in [2.05, 4.69) is 15.2 Å². The number of hydrogen-bond donors (Lipinski definition) is 1. The number of nitrogens with zero attached hydrogens (tertiary/aromatic N) is 2. The van der Waals surface area contributed by atoms with Gasteiger partial charge in [-0.1, -0.05) is 29.8 Å². The molecule has 2 aliphatic rings. The Balaban J connectivity index is 1.37. The van der Waals surface area contributed by atoms with Gasteiger partial charge in [-0.15, -0.1) is 11.3 Å². The van der Waals surface area contributed by atoms with Crippen LogP contribution < -0.4 is 5.32 Å². The van der Waals surface area contributed by atoms with Gasteiger partial charge in [-0.2, -0.15) is 0 Å². The molecule has 2 heterocycles. The second-order valence-electron chi connectivity index (χ2n) is 6.55. The van der Waals surface area contributed by atoms with E-state index < -0.39 is 0 Å². The molecule has 1 amide bonds. The zero-order chi connectivity index (χ0) is 16.5. The fourth-order valence-electron chi connectivity index (χ4n) is 3.30. The van der Waals surface area contributed by atoms with E-state index >= 15 is 0 Å². The Kier molecular flexibility index (Phi) is 4.57. The lowest BCUT2D eigenvalue weighted by Crippen LogP contribution is -2.39. The molecule has 2 aromatic rings. The molecule has 0 spiro atoms. The predicted molar refractivity (Wildman–Crippen MR) is 98.5 cm³/mol. The summed E-state index contributed by atoms with van der Waals surface area (Å²) in [6.07, 6.45) is 4.57. The smallest absolute Gasteiger partial charge is 0.229 e. The van der Waals surface area contributed by atoms with Gasteiger partial charge in [-0.05, 0) is 44.8 Å². The third-order valence-corrected chi connectivity index (χ3v) is 5.94. The van der Waals surface area contributed by atoms with Crippen LogP contribution >= 0.6 is 22.9 Å². The molecule has 4 nitrogen and oxygen atoms in total. The maximum Gasteiger partial charge on any atom is 0.229 e. The first-order valence-corrected chi connectivity index (χ1v) is 9.72. The summed E-state index contributed by atoms with van der Waals surface area (Å²) < 4.78 is 0. The molecule has 0 radical (unpaired) electrons. The number of amides is 1. The van der Waals surface area contributed by atoms with Crippen LogP contribution in [0.2, 0.25) is 5.02 Å². The quantitative estimate of drug-likeness (QED) is 0.884. The van der Waals surface area contributed by atoms with Gasteiger partial charge in [-0.25, -0.2) is 4.98 Å². The Morgan fingerprint density at radius 1 is 1.21 bits per heavy atom. The van der Waals surface area contributed by atoms with E-state index in [1.54, 1.807) is 0 Å². The molecule has 1 N–H and O–H groups in total. The van der Waals surface area contributed by atoms with Crippen molar-refractivity contribution in [2.45, 2.75) is 31.7 Å². The Morgan fingerprint density at radius 2 is 1.96 bits per heavy atom. The summed E-state index contributed by atoms with van der Waals surface area (Å²) in [5.41, 5.74) is 1.71. The zero-order valence-corrected chi connectivity index (χ0v) is 14.9. The van der Waals surface area contributed by atoms with Crippen LogP contribution in [-0.4, -0.2) is 34.9 Å². The van der Waals surface area contributed by atoms with E-state index in [1.165, 1.54) is 24.2 Å². The van der Waals surface area contributed by atoms with Gasteiger partial charge in [0, 0.05) is 27.9 Å². The first kappa shape index (κ1) is 16.1. The summed E-state index contributed by atoms with van der Waals surface area (Å²) in [6, 6.07) is 8.42. The van der Waals surface area contributed by atoms with Gasteiger partial charge in [0.05, 0.1) is 5.69 Å². The van der Waals surface area contributed by atoms with Crippen LogP contribution in [0.15, 0.2) is 29.6 Å². The third-order valence-electron chi connectivity index (χ3n) is 4.85. The Labute approximate surface area is 150 Å². The number of benzene rings is 1. The molecule has 126 valence electrons. The van der Waals surface area contributed by atoms with Crippen molar-refractivity contribution < 1.29 is 4.79 Å². The SMILES string of the molecule is O=C(Nc1nc(-c2ccccc2Cl)cs1)C1CCN(C2CC2)CC1. The maximum absolute atomic E-state index is 12.5. The van der Waals surface area contributed by atoms with Crippen LogP contribution in [0.5, 0.6) is 0 Å². The van der Waals surface area contributed by atoms with Crippen molar-refractivity contribution in [2.75, 3.05) is 18.4 Å². The highest BCUT2D eigenvalue weighted by atomic mass is 35.5. The molecule has 1 aromatic heterocycles. The number of hydrogen-bond acceptors (Lipinski definition) is 4. The fourth-order valence-corrected chi connectivity index (χ4v) is 4.24. The van der Waals surface area contributed by atoms with Crippen LogP contribution in [0.1, 0.15) is 25.7 Å². The van der Waals surface area contributed by atoms with Crippen molar-refractivity contribution in [3.8, 4) is 11.3 Å². The first-order chi connectivity index (χ1) is 11.7. The monoisotopic (exact) mass is 361 g/mol. The van der Waals surface area contributed by atoms with Gasteiger partial charge in [0.25, 0.3) is 0 Å². The number of anilines is 1. The summed E-state index contributed by atoms with van der Waals surface area (Å²) in [5.74, 6) is 0.207. The van der Waals surface area contributed by atoms with E-state index in [4.69, 9.17) is 11.6 Å². The lowest BCUT2D eigenvalue weighted by Gasteiger charge is -2.31. The van der Waals surface area contributed by atoms with Crippen molar-refractivity contribution in [1.82, 2.24) is 9.88 Å². The second kappa shape index (κ2) is 6.82. The highest BCUT2D eigenvalue weighted by Gasteiger charge is 2.33. The van der Waals surface area contributed by atoms with Gasteiger partial charge >= 0.3 is 0 Å². The molecule has 1 saturated carbocycles. The molecule has 6 heteroatoms. The van der Waals surface area contributed by atoms with Crippen LogP contribution in [0.4, 0.5) is 5.13 Å². The molecule has 0 atom stereocenters. The number of piperidine rings is 1. The molecule has 1 aliphatic carbocycles. The molecular formula is C18H20ClN3OS. The average Bonchev–Trinajstić information content (AvgIpc) is 3.35. The van der Waals surface area contributed by atoms with Crippen LogP contribution in [-0.2, 0) is 4.79 Å². The minimum atomic E-state index is 0.102. The Hall–Kier alpha value is -1.43. The van der Waals surface area contributed by atoms with Gasteiger partial charge in [-0.3, -0.25) is 4.79 Å². The van der Waals surface area contributed by atoms with Crippen LogP contribution in [0.25, 0.3) is 11.3 Å². The first-order valence-electron chi connectivity index (χ1n) is 8.46. The van der Waals surface area contributed by atoms with E-state index in [0.717, 1.165) is 43.2 Å². The largest absolute Gasteiger partial charge is 0.302 e. The Morgan fingerprint density at radius 3 is 2.67 bits per heavy atom. The topological polar surface area (TPSA) is 45.2 Å².